The van der Waals surface area contributed by atoms with Crippen molar-refractivity contribution in [1.29, 1.82) is 0 Å². The number of aliphatic imine (C=N–C) groups is 1. The Kier molecular flexibility index (Phi) is 7.42. The van der Waals surface area contributed by atoms with Gasteiger partial charge in [0.05, 0.1) is 23.2 Å². The Bertz CT molecular complexity index is 888. The Morgan fingerprint density at radius 3 is 2.41 bits per heavy atom. The molecule has 0 bridgehead atoms. The molecule has 0 saturated carbocycles. The molecule has 2 aromatic rings. The predicted molar refractivity (Wildman–Crippen MR) is 108 cm³/mol. The molecule has 0 unspecified atom stereocenters. The highest BCUT2D eigenvalue weighted by Gasteiger charge is 2.30. The van der Waals surface area contributed by atoms with Crippen LogP contribution in [0, 0.1) is 13.8 Å². The molecular formula is C22H25F3N2O2. The minimum absolute atomic E-state index is 0.233. The number of alkyl halides is 3. The van der Waals surface area contributed by atoms with Crippen molar-refractivity contribution in [3.05, 3.63) is 64.2 Å². The zero-order chi connectivity index (χ0) is 21.6. The zero-order valence-corrected chi connectivity index (χ0v) is 17.0. The Hall–Kier alpha value is -2.83. The third-order valence-electron chi connectivity index (χ3n) is 4.56. The first-order valence-corrected chi connectivity index (χ1v) is 9.38. The van der Waals surface area contributed by atoms with E-state index in [0.29, 0.717) is 11.1 Å². The SMILES string of the molecule is CCN(/C=N/c1cc(C)c(C(=O)OCc2cccc(C(F)(F)F)c2)cc1C)CC. The second-order valence-corrected chi connectivity index (χ2v) is 6.69. The van der Waals surface area contributed by atoms with Crippen molar-refractivity contribution in [1.82, 2.24) is 4.90 Å². The molecule has 0 aliphatic rings. The van der Waals surface area contributed by atoms with Crippen molar-refractivity contribution in [3.63, 3.8) is 0 Å². The second-order valence-electron chi connectivity index (χ2n) is 6.69. The van der Waals surface area contributed by atoms with Crippen LogP contribution in [0.2, 0.25) is 0 Å². The first-order chi connectivity index (χ1) is 13.7. The van der Waals surface area contributed by atoms with Crippen LogP contribution in [0.5, 0.6) is 0 Å². The molecule has 4 nitrogen and oxygen atoms in total. The molecule has 0 aliphatic heterocycles. The van der Waals surface area contributed by atoms with E-state index in [1.807, 2.05) is 25.7 Å². The van der Waals surface area contributed by atoms with Crippen molar-refractivity contribution in [2.24, 2.45) is 4.99 Å². The van der Waals surface area contributed by atoms with Gasteiger partial charge in [0, 0.05) is 13.1 Å². The van der Waals surface area contributed by atoms with Gasteiger partial charge < -0.3 is 9.64 Å². The molecule has 0 fully saturated rings. The molecule has 0 atom stereocenters. The van der Waals surface area contributed by atoms with E-state index in [1.54, 1.807) is 25.4 Å². The van der Waals surface area contributed by atoms with Crippen molar-refractivity contribution >= 4 is 18.0 Å². The molecular weight excluding hydrogens is 381 g/mol. The smallest absolute Gasteiger partial charge is 0.416 e. The van der Waals surface area contributed by atoms with Crippen molar-refractivity contribution in [3.8, 4) is 0 Å². The van der Waals surface area contributed by atoms with Crippen LogP contribution in [-0.4, -0.2) is 30.3 Å². The molecule has 0 spiro atoms. The summed E-state index contributed by atoms with van der Waals surface area (Å²) in [6.07, 6.45) is -2.66. The van der Waals surface area contributed by atoms with Crippen molar-refractivity contribution in [2.45, 2.75) is 40.5 Å². The normalized spacial score (nSPS) is 11.7. The van der Waals surface area contributed by atoms with Crippen LogP contribution in [0.3, 0.4) is 0 Å². The average Bonchev–Trinajstić information content (AvgIpc) is 2.68. The van der Waals surface area contributed by atoms with Gasteiger partial charge in [0.1, 0.15) is 6.61 Å². The first-order valence-electron chi connectivity index (χ1n) is 9.38. The molecule has 0 N–H and O–H groups in total. The van der Waals surface area contributed by atoms with Crippen LogP contribution in [0.15, 0.2) is 41.4 Å². The van der Waals surface area contributed by atoms with E-state index in [1.165, 1.54) is 12.1 Å². The number of nitrogens with zero attached hydrogens (tertiary/aromatic N) is 2. The Morgan fingerprint density at radius 1 is 1.10 bits per heavy atom. The summed E-state index contributed by atoms with van der Waals surface area (Å²) in [6.45, 7) is 9.15. The molecule has 7 heteroatoms. The maximum absolute atomic E-state index is 12.8. The monoisotopic (exact) mass is 406 g/mol. The van der Waals surface area contributed by atoms with Gasteiger partial charge in [-0.15, -0.1) is 0 Å². The zero-order valence-electron chi connectivity index (χ0n) is 17.0. The average molecular weight is 406 g/mol. The molecule has 0 radical (unpaired) electrons. The standard InChI is InChI=1S/C22H25F3N2O2/c1-5-27(6-2)14-26-20-11-15(3)19(10-16(20)4)21(28)29-13-17-8-7-9-18(12-17)22(23,24)25/h7-12,14H,5-6,13H2,1-4H3/b26-14+. The number of hydrogen-bond acceptors (Lipinski definition) is 3. The summed E-state index contributed by atoms with van der Waals surface area (Å²) in [5.41, 5.74) is 2.14. The third kappa shape index (κ3) is 6.07. The van der Waals surface area contributed by atoms with Crippen molar-refractivity contribution in [2.75, 3.05) is 13.1 Å². The summed E-state index contributed by atoms with van der Waals surface area (Å²) in [5.74, 6) is -0.581. The summed E-state index contributed by atoms with van der Waals surface area (Å²) in [6, 6.07) is 8.25. The van der Waals surface area contributed by atoms with Gasteiger partial charge in [-0.25, -0.2) is 9.79 Å². The van der Waals surface area contributed by atoms with Crippen LogP contribution in [0.1, 0.15) is 46.5 Å². The molecule has 0 amide bonds. The fourth-order valence-corrected chi connectivity index (χ4v) is 2.75. The lowest BCUT2D eigenvalue weighted by Crippen LogP contribution is -2.20. The van der Waals surface area contributed by atoms with E-state index >= 15 is 0 Å². The lowest BCUT2D eigenvalue weighted by atomic mass is 10.0. The van der Waals surface area contributed by atoms with E-state index in [-0.39, 0.29) is 12.2 Å². The number of rotatable bonds is 7. The maximum Gasteiger partial charge on any atom is 0.416 e. The Morgan fingerprint density at radius 2 is 1.79 bits per heavy atom. The summed E-state index contributed by atoms with van der Waals surface area (Å²) < 4.78 is 43.6. The number of hydrogen-bond donors (Lipinski definition) is 0. The first kappa shape index (κ1) is 22.5. The van der Waals surface area contributed by atoms with E-state index in [2.05, 4.69) is 4.99 Å². The lowest BCUT2D eigenvalue weighted by molar-refractivity contribution is -0.137. The van der Waals surface area contributed by atoms with Gasteiger partial charge in [0.2, 0.25) is 0 Å². The number of carbonyl (C=O) groups excluding carboxylic acids is 1. The largest absolute Gasteiger partial charge is 0.457 e. The molecule has 0 aromatic heterocycles. The molecule has 156 valence electrons. The predicted octanol–water partition coefficient (Wildman–Crippen LogP) is 5.68. The lowest BCUT2D eigenvalue weighted by Gasteiger charge is -2.14. The summed E-state index contributed by atoms with van der Waals surface area (Å²) in [4.78, 5) is 19.0. The van der Waals surface area contributed by atoms with Crippen LogP contribution in [-0.2, 0) is 17.5 Å². The van der Waals surface area contributed by atoms with Crippen molar-refractivity contribution < 1.29 is 22.7 Å². The molecule has 29 heavy (non-hydrogen) atoms. The van der Waals surface area contributed by atoms with E-state index in [9.17, 15) is 18.0 Å². The Balaban J connectivity index is 2.13. The molecule has 0 aliphatic carbocycles. The molecule has 2 rings (SSSR count). The summed E-state index contributed by atoms with van der Waals surface area (Å²) in [5, 5.41) is 0. The topological polar surface area (TPSA) is 41.9 Å². The summed E-state index contributed by atoms with van der Waals surface area (Å²) >= 11 is 0. The minimum atomic E-state index is -4.44. The van der Waals surface area contributed by atoms with E-state index in [4.69, 9.17) is 4.74 Å². The van der Waals surface area contributed by atoms with E-state index in [0.717, 1.165) is 36.5 Å². The van der Waals surface area contributed by atoms with Gasteiger partial charge >= 0.3 is 12.1 Å². The number of carbonyl (C=O) groups is 1. The van der Waals surface area contributed by atoms with Gasteiger partial charge in [0.25, 0.3) is 0 Å². The number of aryl methyl sites for hydroxylation is 2. The van der Waals surface area contributed by atoms with Gasteiger partial charge in [-0.1, -0.05) is 12.1 Å². The quantitative estimate of drug-likeness (QED) is 0.337. The van der Waals surface area contributed by atoms with Gasteiger partial charge in [-0.05, 0) is 68.7 Å². The number of benzene rings is 2. The van der Waals surface area contributed by atoms with Crippen LogP contribution in [0.25, 0.3) is 0 Å². The summed E-state index contributed by atoms with van der Waals surface area (Å²) in [7, 11) is 0. The van der Waals surface area contributed by atoms with Gasteiger partial charge in [-0.2, -0.15) is 13.2 Å². The molecule has 0 saturated heterocycles. The highest BCUT2D eigenvalue weighted by Crippen LogP contribution is 2.30. The van der Waals surface area contributed by atoms with Gasteiger partial charge in [-0.3, -0.25) is 0 Å². The number of ether oxygens (including phenoxy) is 1. The molecule has 0 heterocycles. The second kappa shape index (κ2) is 9.58. The number of halogens is 3. The van der Waals surface area contributed by atoms with E-state index < -0.39 is 17.7 Å². The van der Waals surface area contributed by atoms with Gasteiger partial charge in [0.15, 0.2) is 0 Å². The van der Waals surface area contributed by atoms with Crippen LogP contribution < -0.4 is 0 Å². The maximum atomic E-state index is 12.8. The highest BCUT2D eigenvalue weighted by atomic mass is 19.4. The highest BCUT2D eigenvalue weighted by molar-refractivity contribution is 5.92. The third-order valence-corrected chi connectivity index (χ3v) is 4.56. The Labute approximate surface area is 169 Å². The number of esters is 1. The fourth-order valence-electron chi connectivity index (χ4n) is 2.75. The molecule has 2 aromatic carbocycles. The fraction of sp³-hybridized carbons (Fsp3) is 0.364. The van der Waals surface area contributed by atoms with Crippen LogP contribution >= 0.6 is 0 Å². The van der Waals surface area contributed by atoms with Crippen LogP contribution in [0.4, 0.5) is 18.9 Å². The minimum Gasteiger partial charge on any atom is -0.457 e.